The average molecular weight is 526 g/mol. The number of nitrogens with one attached hydrogen (secondary N) is 2. The molecule has 204 valence electrons. The third-order valence-electron chi connectivity index (χ3n) is 6.48. The summed E-state index contributed by atoms with van der Waals surface area (Å²) in [6.45, 7) is 7.09. The molecule has 1 atom stereocenters. The number of halogens is 1. The number of anilines is 2. The van der Waals surface area contributed by atoms with E-state index in [2.05, 4.69) is 20.6 Å². The van der Waals surface area contributed by atoms with E-state index in [0.29, 0.717) is 50.5 Å². The lowest BCUT2D eigenvalue weighted by molar-refractivity contribution is -0.135. The van der Waals surface area contributed by atoms with Gasteiger partial charge in [0.1, 0.15) is 12.2 Å². The first kappa shape index (κ1) is 28.7. The maximum Gasteiger partial charge on any atom is 0.271 e. The third kappa shape index (κ3) is 7.58. The van der Waals surface area contributed by atoms with Gasteiger partial charge in [0.2, 0.25) is 11.8 Å². The molecule has 1 aliphatic rings. The highest BCUT2D eigenvalue weighted by Crippen LogP contribution is 2.21. The van der Waals surface area contributed by atoms with E-state index in [1.807, 2.05) is 43.0 Å². The van der Waals surface area contributed by atoms with Crippen molar-refractivity contribution in [1.82, 2.24) is 25.1 Å². The van der Waals surface area contributed by atoms with Crippen LogP contribution >= 0.6 is 0 Å². The van der Waals surface area contributed by atoms with Crippen LogP contribution in [-0.4, -0.2) is 82.9 Å². The van der Waals surface area contributed by atoms with Crippen LogP contribution in [0.5, 0.6) is 0 Å². The molecule has 4 N–H and O–H groups in total. The highest BCUT2D eigenvalue weighted by Gasteiger charge is 2.25. The number of nitrogens with two attached hydrogens (primary N) is 1. The van der Waals surface area contributed by atoms with Crippen LogP contribution in [0.4, 0.5) is 15.9 Å². The fourth-order valence-corrected chi connectivity index (χ4v) is 4.01. The minimum atomic E-state index is -0.782. The van der Waals surface area contributed by atoms with Crippen molar-refractivity contribution >= 4 is 29.2 Å². The lowest BCUT2D eigenvalue weighted by Crippen LogP contribution is -2.48. The van der Waals surface area contributed by atoms with Gasteiger partial charge in [-0.1, -0.05) is 25.1 Å². The van der Waals surface area contributed by atoms with E-state index in [9.17, 15) is 18.8 Å². The highest BCUT2D eigenvalue weighted by molar-refractivity contribution is 5.96. The Morgan fingerprint density at radius 3 is 2.68 bits per heavy atom. The van der Waals surface area contributed by atoms with Gasteiger partial charge < -0.3 is 21.3 Å². The molecule has 0 aliphatic carbocycles. The summed E-state index contributed by atoms with van der Waals surface area (Å²) in [6.07, 6.45) is 3.52. The predicted octanol–water partition coefficient (Wildman–Crippen LogP) is 1.91. The molecule has 2 aromatic rings. The largest absolute Gasteiger partial charge is 0.364 e. The van der Waals surface area contributed by atoms with Crippen molar-refractivity contribution in [2.75, 3.05) is 38.5 Å². The van der Waals surface area contributed by atoms with Gasteiger partial charge in [0.25, 0.3) is 5.91 Å². The molecule has 0 radical (unpaired) electrons. The van der Waals surface area contributed by atoms with Crippen LogP contribution in [0.1, 0.15) is 41.3 Å². The lowest BCUT2D eigenvalue weighted by atomic mass is 10.1. The first-order valence-electron chi connectivity index (χ1n) is 12.7. The monoisotopic (exact) mass is 525 g/mol. The number of hydrogen-bond donors (Lipinski definition) is 3. The Kier molecular flexibility index (Phi) is 9.89. The maximum atomic E-state index is 12.9. The molecule has 1 fully saturated rings. The van der Waals surface area contributed by atoms with Gasteiger partial charge in [0.15, 0.2) is 11.5 Å². The van der Waals surface area contributed by atoms with E-state index in [1.165, 1.54) is 11.0 Å². The zero-order valence-electron chi connectivity index (χ0n) is 22.3. The van der Waals surface area contributed by atoms with E-state index in [-0.39, 0.29) is 17.5 Å². The molecule has 1 unspecified atom stereocenters. The van der Waals surface area contributed by atoms with Gasteiger partial charge in [-0.25, -0.2) is 14.4 Å². The standard InChI is InChI=1S/C27H36FN7O3/c1-5-22-17(2)31-26(24(33-22)25(29)37)32-21-9-6-8-19(14-21)11-12-30-27(38)18(3)34(4)23(36)10-7-13-35-15-20(28)16-35/h6-10,14,18,20H,5,11-13,15-16H2,1-4H3,(H2,29,37)(H,30,38)(H,31,32)/b10-7+. The van der Waals surface area contributed by atoms with Gasteiger partial charge in [-0.15, -0.1) is 0 Å². The Bertz CT molecular complexity index is 1200. The van der Waals surface area contributed by atoms with Crippen LogP contribution in [0.3, 0.4) is 0 Å². The molecular weight excluding hydrogens is 489 g/mol. The summed E-state index contributed by atoms with van der Waals surface area (Å²) < 4.78 is 12.9. The van der Waals surface area contributed by atoms with Crippen LogP contribution < -0.4 is 16.4 Å². The molecule has 2 heterocycles. The molecule has 10 nitrogen and oxygen atoms in total. The molecule has 1 aliphatic heterocycles. The summed E-state index contributed by atoms with van der Waals surface area (Å²) in [7, 11) is 1.57. The zero-order chi connectivity index (χ0) is 27.8. The number of alkyl halides is 1. The lowest BCUT2D eigenvalue weighted by Gasteiger charge is -2.33. The van der Waals surface area contributed by atoms with Crippen molar-refractivity contribution in [2.24, 2.45) is 5.73 Å². The number of likely N-dealkylation sites (tertiary alicyclic amines) is 1. The number of hydrogen-bond acceptors (Lipinski definition) is 7. The number of rotatable bonds is 12. The summed E-state index contributed by atoms with van der Waals surface area (Å²) in [6, 6.07) is 6.87. The van der Waals surface area contributed by atoms with Gasteiger partial charge in [-0.2, -0.15) is 0 Å². The molecule has 3 rings (SSSR count). The molecule has 0 bridgehead atoms. The fraction of sp³-hybridized carbons (Fsp3) is 0.444. The van der Waals surface area contributed by atoms with Crippen molar-refractivity contribution < 1.29 is 18.8 Å². The van der Waals surface area contributed by atoms with Crippen molar-refractivity contribution in [1.29, 1.82) is 0 Å². The first-order chi connectivity index (χ1) is 18.1. The number of primary amides is 1. The SMILES string of the molecule is CCc1nc(C(N)=O)c(Nc2cccc(CCNC(=O)C(C)N(C)C(=O)/C=C/CN3CC(F)C3)c2)nc1C. The minimum absolute atomic E-state index is 0.0848. The van der Waals surface area contributed by atoms with E-state index in [4.69, 9.17) is 5.73 Å². The fourth-order valence-electron chi connectivity index (χ4n) is 4.01. The van der Waals surface area contributed by atoms with Gasteiger partial charge in [0.05, 0.1) is 11.4 Å². The number of carbonyl (C=O) groups excluding carboxylic acids is 3. The van der Waals surface area contributed by atoms with E-state index in [1.54, 1.807) is 20.0 Å². The molecule has 11 heteroatoms. The molecule has 0 saturated carbocycles. The topological polar surface area (TPSA) is 134 Å². The molecule has 1 aromatic carbocycles. The number of aromatic nitrogens is 2. The van der Waals surface area contributed by atoms with Gasteiger partial charge in [-0.3, -0.25) is 19.3 Å². The quantitative estimate of drug-likeness (QED) is 0.361. The number of nitrogens with zero attached hydrogens (tertiary/aromatic N) is 4. The second-order valence-electron chi connectivity index (χ2n) is 9.38. The Hall–Kier alpha value is -3.86. The summed E-state index contributed by atoms with van der Waals surface area (Å²) in [5.74, 6) is -0.916. The number of likely N-dealkylation sites (N-methyl/N-ethyl adjacent to an activating group) is 1. The molecule has 0 spiro atoms. The number of carbonyl (C=O) groups is 3. The Morgan fingerprint density at radius 1 is 1.29 bits per heavy atom. The number of aryl methyl sites for hydroxylation is 2. The first-order valence-corrected chi connectivity index (χ1v) is 12.7. The molecule has 3 amide bonds. The summed E-state index contributed by atoms with van der Waals surface area (Å²) in [5.41, 5.74) is 8.70. The van der Waals surface area contributed by atoms with Crippen LogP contribution in [0.2, 0.25) is 0 Å². The minimum Gasteiger partial charge on any atom is -0.364 e. The van der Waals surface area contributed by atoms with E-state index in [0.717, 1.165) is 17.0 Å². The predicted molar refractivity (Wildman–Crippen MR) is 144 cm³/mol. The molecule has 38 heavy (non-hydrogen) atoms. The Labute approximate surface area is 222 Å². The Balaban J connectivity index is 1.51. The second kappa shape index (κ2) is 13.1. The van der Waals surface area contributed by atoms with Crippen molar-refractivity contribution in [2.45, 2.75) is 45.8 Å². The second-order valence-corrected chi connectivity index (χ2v) is 9.38. The van der Waals surface area contributed by atoms with Crippen LogP contribution in [0, 0.1) is 6.92 Å². The maximum absolute atomic E-state index is 12.9. The highest BCUT2D eigenvalue weighted by atomic mass is 19.1. The number of amides is 3. The van der Waals surface area contributed by atoms with Crippen LogP contribution in [0.15, 0.2) is 36.4 Å². The van der Waals surface area contributed by atoms with Crippen molar-refractivity contribution in [3.63, 3.8) is 0 Å². The third-order valence-corrected chi connectivity index (χ3v) is 6.48. The Morgan fingerprint density at radius 2 is 2.03 bits per heavy atom. The van der Waals surface area contributed by atoms with Gasteiger partial charge in [0, 0.05) is 45.0 Å². The smallest absolute Gasteiger partial charge is 0.271 e. The van der Waals surface area contributed by atoms with Crippen LogP contribution in [0.25, 0.3) is 0 Å². The molecule has 1 saturated heterocycles. The van der Waals surface area contributed by atoms with Crippen molar-refractivity contribution in [3.8, 4) is 0 Å². The normalized spacial score (nSPS) is 14.7. The van der Waals surface area contributed by atoms with Crippen LogP contribution in [-0.2, 0) is 22.4 Å². The summed E-state index contributed by atoms with van der Waals surface area (Å²) >= 11 is 0. The average Bonchev–Trinajstić information content (AvgIpc) is 2.86. The summed E-state index contributed by atoms with van der Waals surface area (Å²) in [5, 5.41) is 6.00. The van der Waals surface area contributed by atoms with Gasteiger partial charge in [-0.05, 0) is 44.4 Å². The van der Waals surface area contributed by atoms with Gasteiger partial charge >= 0.3 is 0 Å². The molecule has 1 aromatic heterocycles. The van der Waals surface area contributed by atoms with E-state index < -0.39 is 18.1 Å². The van der Waals surface area contributed by atoms with E-state index >= 15 is 0 Å². The summed E-state index contributed by atoms with van der Waals surface area (Å²) in [4.78, 5) is 49.0. The zero-order valence-corrected chi connectivity index (χ0v) is 22.3. The van der Waals surface area contributed by atoms with Crippen molar-refractivity contribution in [3.05, 3.63) is 59.1 Å². The molecular formula is C27H36FN7O3. The number of benzene rings is 1.